The monoisotopic (exact) mass is 258 g/mol. The third-order valence-corrected chi connectivity index (χ3v) is 2.76. The minimum absolute atomic E-state index is 0.0358. The summed E-state index contributed by atoms with van der Waals surface area (Å²) in [7, 11) is 0. The zero-order valence-electron chi connectivity index (χ0n) is 10.4. The predicted molar refractivity (Wildman–Crippen MR) is 66.9 cm³/mol. The molecule has 3 N–H and O–H groups in total. The molecule has 0 aromatic rings. The summed E-state index contributed by atoms with van der Waals surface area (Å²) < 4.78 is 10.4. The van der Waals surface area contributed by atoms with E-state index >= 15 is 0 Å². The van der Waals surface area contributed by atoms with Crippen LogP contribution >= 0.6 is 0 Å². The van der Waals surface area contributed by atoms with E-state index in [1.165, 1.54) is 0 Å². The van der Waals surface area contributed by atoms with Crippen LogP contribution in [0.2, 0.25) is 0 Å². The van der Waals surface area contributed by atoms with Gasteiger partial charge < -0.3 is 24.8 Å². The van der Waals surface area contributed by atoms with Gasteiger partial charge in [-0.1, -0.05) is 18.2 Å². The number of aliphatic hydroxyl groups is 3. The number of ether oxygens (including phenoxy) is 2. The molecule has 1 heterocycles. The Bertz CT molecular complexity index is 266. The fraction of sp³-hybridized carbons (Fsp3) is 0.692. The quantitative estimate of drug-likeness (QED) is 0.454. The Balaban J connectivity index is 2.17. The van der Waals surface area contributed by atoms with Gasteiger partial charge in [-0.25, -0.2) is 0 Å². The molecule has 104 valence electrons. The molecule has 18 heavy (non-hydrogen) atoms. The molecule has 0 bridgehead atoms. The number of unbranched alkanes of at least 4 members (excludes halogenated alkanes) is 2. The first-order chi connectivity index (χ1) is 8.66. The average Bonchev–Trinajstić information content (AvgIpc) is 2.37. The van der Waals surface area contributed by atoms with Gasteiger partial charge in [-0.2, -0.15) is 0 Å². The van der Waals surface area contributed by atoms with Crippen molar-refractivity contribution in [2.45, 2.75) is 43.9 Å². The first-order valence-electron chi connectivity index (χ1n) is 6.20. The molecule has 0 amide bonds. The van der Waals surface area contributed by atoms with Gasteiger partial charge in [0.15, 0.2) is 6.29 Å². The van der Waals surface area contributed by atoms with Crippen molar-refractivity contribution in [1.29, 1.82) is 0 Å². The second-order valence-corrected chi connectivity index (χ2v) is 4.27. The molecule has 5 nitrogen and oxygen atoms in total. The first kappa shape index (κ1) is 15.3. The van der Waals surface area contributed by atoms with Crippen molar-refractivity contribution >= 4 is 0 Å². The lowest BCUT2D eigenvalue weighted by molar-refractivity contribution is -0.266. The maximum Gasteiger partial charge on any atom is 0.186 e. The smallest absolute Gasteiger partial charge is 0.186 e. The Morgan fingerprint density at radius 2 is 1.94 bits per heavy atom. The number of hydrogen-bond donors (Lipinski definition) is 3. The molecule has 0 aromatic carbocycles. The fourth-order valence-electron chi connectivity index (χ4n) is 1.64. The van der Waals surface area contributed by atoms with Crippen molar-refractivity contribution in [3.63, 3.8) is 0 Å². The molecule has 0 saturated carbocycles. The summed E-state index contributed by atoms with van der Waals surface area (Å²) in [5.41, 5.74) is 0. The van der Waals surface area contributed by atoms with Gasteiger partial charge >= 0.3 is 0 Å². The van der Waals surface area contributed by atoms with Gasteiger partial charge in [0, 0.05) is 0 Å². The molecule has 0 radical (unpaired) electrons. The molecule has 4 atom stereocenters. The van der Waals surface area contributed by atoms with E-state index in [4.69, 9.17) is 9.47 Å². The van der Waals surface area contributed by atoms with E-state index in [-0.39, 0.29) is 6.61 Å². The van der Waals surface area contributed by atoms with Gasteiger partial charge in [0.05, 0.1) is 13.2 Å². The Hall–Kier alpha value is -0.720. The van der Waals surface area contributed by atoms with Crippen LogP contribution in [0.4, 0.5) is 0 Å². The zero-order valence-corrected chi connectivity index (χ0v) is 10.4. The van der Waals surface area contributed by atoms with Crippen molar-refractivity contribution in [3.05, 3.63) is 24.8 Å². The maximum absolute atomic E-state index is 9.59. The topological polar surface area (TPSA) is 79.2 Å². The van der Waals surface area contributed by atoms with Crippen LogP contribution in [-0.4, -0.2) is 53.1 Å². The number of rotatable bonds is 7. The van der Waals surface area contributed by atoms with E-state index in [9.17, 15) is 15.3 Å². The number of aliphatic hydroxyl groups excluding tert-OH is 3. The second-order valence-electron chi connectivity index (χ2n) is 4.27. The minimum Gasteiger partial charge on any atom is -0.388 e. The summed E-state index contributed by atoms with van der Waals surface area (Å²) in [6, 6.07) is 0. The Kier molecular flexibility index (Phi) is 7.15. The molecular weight excluding hydrogens is 236 g/mol. The third-order valence-electron chi connectivity index (χ3n) is 2.76. The summed E-state index contributed by atoms with van der Waals surface area (Å²) in [6.07, 6.45) is 4.31. The van der Waals surface area contributed by atoms with Crippen LogP contribution in [0.5, 0.6) is 0 Å². The summed E-state index contributed by atoms with van der Waals surface area (Å²) >= 11 is 0. The van der Waals surface area contributed by atoms with Gasteiger partial charge in [-0.15, -0.1) is 6.58 Å². The number of hydrogen-bond acceptors (Lipinski definition) is 5. The Morgan fingerprint density at radius 1 is 1.17 bits per heavy atom. The molecule has 0 unspecified atom stereocenters. The largest absolute Gasteiger partial charge is 0.388 e. The van der Waals surface area contributed by atoms with E-state index in [2.05, 4.69) is 6.58 Å². The van der Waals surface area contributed by atoms with Crippen LogP contribution in [0.25, 0.3) is 0 Å². The maximum atomic E-state index is 9.59. The summed E-state index contributed by atoms with van der Waals surface area (Å²) in [4.78, 5) is 0. The predicted octanol–water partition coefficient (Wildman–Crippen LogP) is 0.354. The second kappa shape index (κ2) is 8.39. The third kappa shape index (κ3) is 4.88. The lowest BCUT2D eigenvalue weighted by Gasteiger charge is -2.34. The molecular formula is C13H22O5. The summed E-state index contributed by atoms with van der Waals surface area (Å²) in [5.74, 6) is 0. The van der Waals surface area contributed by atoms with Gasteiger partial charge in [0.2, 0.25) is 0 Å². The van der Waals surface area contributed by atoms with Gasteiger partial charge in [0.25, 0.3) is 0 Å². The van der Waals surface area contributed by atoms with Crippen molar-refractivity contribution < 1.29 is 24.8 Å². The lowest BCUT2D eigenvalue weighted by Crippen LogP contribution is -2.53. The summed E-state index contributed by atoms with van der Waals surface area (Å²) in [6.45, 7) is 3.91. The molecule has 0 aliphatic carbocycles. The highest BCUT2D eigenvalue weighted by molar-refractivity contribution is 4.85. The van der Waals surface area contributed by atoms with Crippen molar-refractivity contribution in [2.24, 2.45) is 0 Å². The molecule has 1 rings (SSSR count). The van der Waals surface area contributed by atoms with E-state index < -0.39 is 24.6 Å². The van der Waals surface area contributed by atoms with E-state index in [1.807, 2.05) is 18.2 Å². The highest BCUT2D eigenvalue weighted by Crippen LogP contribution is 2.16. The highest BCUT2D eigenvalue weighted by Gasteiger charge is 2.37. The zero-order chi connectivity index (χ0) is 13.4. The minimum atomic E-state index is -1.22. The fourth-order valence-corrected chi connectivity index (χ4v) is 1.64. The van der Waals surface area contributed by atoms with E-state index in [0.717, 1.165) is 19.3 Å². The van der Waals surface area contributed by atoms with Crippen molar-refractivity contribution in [3.8, 4) is 0 Å². The van der Waals surface area contributed by atoms with Crippen LogP contribution in [-0.2, 0) is 9.47 Å². The van der Waals surface area contributed by atoms with Crippen LogP contribution in [0.3, 0.4) is 0 Å². The van der Waals surface area contributed by atoms with Crippen molar-refractivity contribution in [1.82, 2.24) is 0 Å². The standard InChI is InChI=1S/C13H22O5/c1-2-3-4-5-6-7-8-17-13-12(16)11(15)10(14)9-18-13/h2,6-7,10-16H,1,3-5,8-9H2/b7-6+/t10-,11+,12-,13-/m1/s1. The molecule has 1 aliphatic heterocycles. The normalized spacial score (nSPS) is 32.8. The number of allylic oxidation sites excluding steroid dienone is 2. The molecule has 0 aromatic heterocycles. The van der Waals surface area contributed by atoms with Crippen LogP contribution in [0.15, 0.2) is 24.8 Å². The highest BCUT2D eigenvalue weighted by atomic mass is 16.7. The Labute approximate surface area is 107 Å². The Morgan fingerprint density at radius 3 is 2.67 bits per heavy atom. The molecule has 1 fully saturated rings. The molecule has 5 heteroatoms. The van der Waals surface area contributed by atoms with E-state index in [1.54, 1.807) is 0 Å². The van der Waals surface area contributed by atoms with Gasteiger partial charge in [-0.05, 0) is 19.3 Å². The molecule has 1 aliphatic rings. The first-order valence-corrected chi connectivity index (χ1v) is 6.20. The molecule has 1 saturated heterocycles. The molecule has 0 spiro atoms. The van der Waals surface area contributed by atoms with E-state index in [0.29, 0.717) is 6.61 Å². The summed E-state index contributed by atoms with van der Waals surface area (Å²) in [5, 5.41) is 28.3. The lowest BCUT2D eigenvalue weighted by atomic mass is 10.1. The van der Waals surface area contributed by atoms with Crippen LogP contribution in [0.1, 0.15) is 19.3 Å². The van der Waals surface area contributed by atoms with Gasteiger partial charge in [-0.3, -0.25) is 0 Å². The van der Waals surface area contributed by atoms with Crippen molar-refractivity contribution in [2.75, 3.05) is 13.2 Å². The van der Waals surface area contributed by atoms with Crippen LogP contribution < -0.4 is 0 Å². The SMILES string of the molecule is C=CCCC/C=C/CO[C@@H]1OC[C@@H](O)[C@H](O)[C@H]1O. The van der Waals surface area contributed by atoms with Crippen LogP contribution in [0, 0.1) is 0 Å². The average molecular weight is 258 g/mol. The van der Waals surface area contributed by atoms with Gasteiger partial charge in [0.1, 0.15) is 18.3 Å².